The van der Waals surface area contributed by atoms with Crippen molar-refractivity contribution in [1.29, 1.82) is 0 Å². The monoisotopic (exact) mass is 296 g/mol. The Balaban J connectivity index is 2.08. The van der Waals surface area contributed by atoms with Gasteiger partial charge in [-0.15, -0.1) is 11.8 Å². The number of nitrogens with zero attached hydrogens (tertiary/aromatic N) is 2. The van der Waals surface area contributed by atoms with Crippen LogP contribution < -0.4 is 0 Å². The SMILES string of the molecule is CSc1ncccc1C(=O)N(C)CC1(O)CCOCC1. The van der Waals surface area contributed by atoms with E-state index in [2.05, 4.69) is 4.98 Å². The quantitative estimate of drug-likeness (QED) is 0.851. The second-order valence-corrected chi connectivity index (χ2v) is 5.85. The molecule has 1 aliphatic heterocycles. The fraction of sp³-hybridized carbons (Fsp3) is 0.571. The summed E-state index contributed by atoms with van der Waals surface area (Å²) in [6.45, 7) is 1.40. The van der Waals surface area contributed by atoms with Crippen molar-refractivity contribution >= 4 is 17.7 Å². The molecule has 1 aromatic heterocycles. The highest BCUT2D eigenvalue weighted by Gasteiger charge is 2.32. The van der Waals surface area contributed by atoms with Gasteiger partial charge < -0.3 is 14.7 Å². The predicted octanol–water partition coefficient (Wildman–Crippen LogP) is 1.42. The molecule has 110 valence electrons. The number of rotatable bonds is 4. The number of carbonyl (C=O) groups excluding carboxylic acids is 1. The molecule has 1 aliphatic rings. The van der Waals surface area contributed by atoms with Crippen LogP contribution >= 0.6 is 11.8 Å². The van der Waals surface area contributed by atoms with Crippen molar-refractivity contribution in [2.24, 2.45) is 0 Å². The van der Waals surface area contributed by atoms with E-state index in [1.165, 1.54) is 11.8 Å². The number of aliphatic hydroxyl groups is 1. The number of hydrogen-bond donors (Lipinski definition) is 1. The lowest BCUT2D eigenvalue weighted by Gasteiger charge is -2.35. The van der Waals surface area contributed by atoms with Crippen LogP contribution in [-0.2, 0) is 4.74 Å². The summed E-state index contributed by atoms with van der Waals surface area (Å²) in [4.78, 5) is 18.2. The zero-order chi connectivity index (χ0) is 14.6. The summed E-state index contributed by atoms with van der Waals surface area (Å²) in [5.74, 6) is -0.109. The van der Waals surface area contributed by atoms with Gasteiger partial charge in [-0.3, -0.25) is 4.79 Å². The standard InChI is InChI=1S/C14H20N2O3S/c1-16(10-14(18)5-8-19-9-6-14)13(17)11-4-3-7-15-12(11)20-2/h3-4,7,18H,5-6,8-10H2,1-2H3. The van der Waals surface area contributed by atoms with E-state index < -0.39 is 5.60 Å². The fourth-order valence-electron chi connectivity index (χ4n) is 2.34. The van der Waals surface area contributed by atoms with Crippen LogP contribution in [0.2, 0.25) is 0 Å². The van der Waals surface area contributed by atoms with E-state index >= 15 is 0 Å². The van der Waals surface area contributed by atoms with E-state index in [9.17, 15) is 9.90 Å². The molecule has 0 aliphatic carbocycles. The molecule has 1 fully saturated rings. The minimum absolute atomic E-state index is 0.109. The van der Waals surface area contributed by atoms with Gasteiger partial charge in [0.1, 0.15) is 5.03 Å². The molecule has 0 atom stereocenters. The van der Waals surface area contributed by atoms with Crippen LogP contribution in [0.15, 0.2) is 23.4 Å². The number of aromatic nitrogens is 1. The molecule has 1 aromatic rings. The maximum Gasteiger partial charge on any atom is 0.256 e. The third-order valence-corrected chi connectivity index (χ3v) is 4.21. The topological polar surface area (TPSA) is 62.7 Å². The summed E-state index contributed by atoms with van der Waals surface area (Å²) in [5.41, 5.74) is -0.261. The summed E-state index contributed by atoms with van der Waals surface area (Å²) < 4.78 is 5.25. The van der Waals surface area contributed by atoms with Crippen LogP contribution in [0, 0.1) is 0 Å². The van der Waals surface area contributed by atoms with Crippen molar-refractivity contribution in [1.82, 2.24) is 9.88 Å². The van der Waals surface area contributed by atoms with Gasteiger partial charge in [0.05, 0.1) is 11.2 Å². The predicted molar refractivity (Wildman–Crippen MR) is 78.0 cm³/mol. The van der Waals surface area contributed by atoms with Crippen LogP contribution in [-0.4, -0.2) is 59.6 Å². The molecule has 1 N–H and O–H groups in total. The van der Waals surface area contributed by atoms with Crippen LogP contribution in [0.5, 0.6) is 0 Å². The van der Waals surface area contributed by atoms with Gasteiger partial charge in [-0.25, -0.2) is 4.98 Å². The summed E-state index contributed by atoms with van der Waals surface area (Å²) in [5, 5.41) is 11.2. The third-order valence-electron chi connectivity index (χ3n) is 3.50. The van der Waals surface area contributed by atoms with Crippen LogP contribution in [0.25, 0.3) is 0 Å². The molecule has 0 bridgehead atoms. The van der Waals surface area contributed by atoms with Crippen LogP contribution in [0.4, 0.5) is 0 Å². The van der Waals surface area contributed by atoms with Crippen molar-refractivity contribution in [3.63, 3.8) is 0 Å². The number of carbonyl (C=O) groups is 1. The molecular weight excluding hydrogens is 276 g/mol. The first-order chi connectivity index (χ1) is 9.56. The highest BCUT2D eigenvalue weighted by Crippen LogP contribution is 2.23. The maximum atomic E-state index is 12.5. The molecule has 0 spiro atoms. The minimum Gasteiger partial charge on any atom is -0.388 e. The van der Waals surface area contributed by atoms with Gasteiger partial charge in [-0.1, -0.05) is 0 Å². The lowest BCUT2D eigenvalue weighted by Crippen LogP contribution is -2.47. The van der Waals surface area contributed by atoms with E-state index in [4.69, 9.17) is 4.74 Å². The molecular formula is C14H20N2O3S. The zero-order valence-electron chi connectivity index (χ0n) is 11.8. The van der Waals surface area contributed by atoms with Gasteiger partial charge in [-0.05, 0) is 18.4 Å². The van der Waals surface area contributed by atoms with Gasteiger partial charge in [0.2, 0.25) is 0 Å². The Bertz CT molecular complexity index is 475. The smallest absolute Gasteiger partial charge is 0.256 e. The average Bonchev–Trinajstić information content (AvgIpc) is 2.46. The molecule has 0 saturated carbocycles. The number of hydrogen-bond acceptors (Lipinski definition) is 5. The average molecular weight is 296 g/mol. The highest BCUT2D eigenvalue weighted by atomic mass is 32.2. The first-order valence-corrected chi connectivity index (χ1v) is 7.83. The van der Waals surface area contributed by atoms with Crippen molar-refractivity contribution in [3.8, 4) is 0 Å². The highest BCUT2D eigenvalue weighted by molar-refractivity contribution is 7.98. The molecule has 2 heterocycles. The van der Waals surface area contributed by atoms with Crippen molar-refractivity contribution in [3.05, 3.63) is 23.9 Å². The Morgan fingerprint density at radius 2 is 2.25 bits per heavy atom. The van der Waals surface area contributed by atoms with Gasteiger partial charge in [0, 0.05) is 45.8 Å². The summed E-state index contributed by atoms with van der Waals surface area (Å²) in [7, 11) is 1.72. The van der Waals surface area contributed by atoms with Gasteiger partial charge >= 0.3 is 0 Å². The summed E-state index contributed by atoms with van der Waals surface area (Å²) in [6.07, 6.45) is 4.69. The molecule has 20 heavy (non-hydrogen) atoms. The van der Waals surface area contributed by atoms with Gasteiger partial charge in [0.25, 0.3) is 5.91 Å². The number of ether oxygens (including phenoxy) is 1. The van der Waals surface area contributed by atoms with Crippen molar-refractivity contribution in [2.45, 2.75) is 23.5 Å². The van der Waals surface area contributed by atoms with Crippen molar-refractivity contribution in [2.75, 3.05) is 33.1 Å². The van der Waals surface area contributed by atoms with Crippen LogP contribution in [0.1, 0.15) is 23.2 Å². The Labute approximate surface area is 123 Å². The zero-order valence-corrected chi connectivity index (χ0v) is 12.7. The number of pyridine rings is 1. The molecule has 0 unspecified atom stereocenters. The normalized spacial score (nSPS) is 17.8. The van der Waals surface area contributed by atoms with Gasteiger partial charge in [0.15, 0.2) is 0 Å². The molecule has 0 radical (unpaired) electrons. The number of likely N-dealkylation sites (N-methyl/N-ethyl adjacent to an activating group) is 1. The molecule has 0 aromatic carbocycles. The van der Waals surface area contributed by atoms with E-state index in [-0.39, 0.29) is 5.91 Å². The van der Waals surface area contributed by atoms with Crippen molar-refractivity contribution < 1.29 is 14.6 Å². The van der Waals surface area contributed by atoms with Gasteiger partial charge in [-0.2, -0.15) is 0 Å². The largest absolute Gasteiger partial charge is 0.388 e. The molecule has 1 saturated heterocycles. The third kappa shape index (κ3) is 3.50. The second kappa shape index (κ2) is 6.56. The minimum atomic E-state index is -0.843. The Kier molecular flexibility index (Phi) is 5.01. The van der Waals surface area contributed by atoms with E-state index in [1.807, 2.05) is 6.26 Å². The fourth-order valence-corrected chi connectivity index (χ4v) is 2.89. The molecule has 1 amide bonds. The van der Waals surface area contributed by atoms with E-state index in [0.29, 0.717) is 43.2 Å². The van der Waals surface area contributed by atoms with Crippen LogP contribution in [0.3, 0.4) is 0 Å². The lowest BCUT2D eigenvalue weighted by molar-refractivity contribution is -0.0734. The summed E-state index contributed by atoms with van der Waals surface area (Å²) in [6, 6.07) is 3.52. The molecule has 2 rings (SSSR count). The first-order valence-electron chi connectivity index (χ1n) is 6.60. The van der Waals surface area contributed by atoms with E-state index in [0.717, 1.165) is 0 Å². The summed E-state index contributed by atoms with van der Waals surface area (Å²) >= 11 is 1.45. The second-order valence-electron chi connectivity index (χ2n) is 5.06. The lowest BCUT2D eigenvalue weighted by atomic mass is 9.94. The Morgan fingerprint density at radius 1 is 1.55 bits per heavy atom. The number of amides is 1. The van der Waals surface area contributed by atoms with E-state index in [1.54, 1.807) is 30.3 Å². The Hall–Kier alpha value is -1.11. The Morgan fingerprint density at radius 3 is 2.90 bits per heavy atom. The maximum absolute atomic E-state index is 12.5. The number of thioether (sulfide) groups is 1. The first kappa shape index (κ1) is 15.3. The molecule has 5 nitrogen and oxygen atoms in total. The molecule has 6 heteroatoms.